The van der Waals surface area contributed by atoms with Gasteiger partial charge in [-0.3, -0.25) is 0 Å². The van der Waals surface area contributed by atoms with Gasteiger partial charge in [0.15, 0.2) is 8.07 Å². The Bertz CT molecular complexity index is 2860. The van der Waals surface area contributed by atoms with Crippen LogP contribution >= 0.6 is 0 Å². The summed E-state index contributed by atoms with van der Waals surface area (Å²) in [6, 6.07) is 81.0. The first-order valence-electron chi connectivity index (χ1n) is 19.4. The van der Waals surface area contributed by atoms with Crippen LogP contribution in [0.15, 0.2) is 218 Å². The molecule has 0 saturated carbocycles. The largest absolute Gasteiger partial charge is 0.458 e. The quantitative estimate of drug-likeness (QED) is 0.166. The summed E-state index contributed by atoms with van der Waals surface area (Å²) in [5, 5.41) is 12.5. The number of rotatable bonds is 5. The van der Waals surface area contributed by atoms with E-state index in [4.69, 9.17) is 4.74 Å². The van der Waals surface area contributed by atoms with Gasteiger partial charge in [-0.05, 0) is 79.7 Å². The van der Waals surface area contributed by atoms with Crippen LogP contribution in [0.3, 0.4) is 0 Å². The molecule has 9 aromatic rings. The molecule has 1 spiro atoms. The molecule has 11 rings (SSSR count). The molecule has 1 unspecified atom stereocenters. The van der Waals surface area contributed by atoms with Gasteiger partial charge in [0.05, 0.1) is 5.69 Å². The van der Waals surface area contributed by atoms with Crippen LogP contribution in [0.4, 0.5) is 17.1 Å². The van der Waals surface area contributed by atoms with Crippen LogP contribution in [-0.4, -0.2) is 16.9 Å². The van der Waals surface area contributed by atoms with E-state index in [1.165, 1.54) is 63.9 Å². The Morgan fingerprint density at radius 2 is 0.946 bits per heavy atom. The first-order chi connectivity index (χ1) is 27.8. The minimum Gasteiger partial charge on any atom is -0.458 e. The normalized spacial score (nSPS) is 14.5. The van der Waals surface area contributed by atoms with Gasteiger partial charge in [0.1, 0.15) is 20.3 Å². The summed E-state index contributed by atoms with van der Waals surface area (Å²) in [6.07, 6.45) is 0. The number of anilines is 3. The molecular weight excluding hydrogens is 711 g/mol. The van der Waals surface area contributed by atoms with Gasteiger partial charge < -0.3 is 9.64 Å². The molecule has 2 nitrogen and oxygen atoms in total. The standard InChI is InChI=1S/C52H37NOSi2/c1-3-16-37(17-4-1)38-30-32-40(33-31-38)53(44-23-15-19-39-18-7-8-22-43(39)44)41-34-35-52-48(36-41)55(42-20-5-2-6-21-42)47-26-11-14-29-51(47)56(52)49-27-12-9-24-45(49)54-46-25-10-13-28-50(46)56/h1-36,55H. The van der Waals surface area contributed by atoms with Gasteiger partial charge in [-0.2, -0.15) is 0 Å². The van der Waals surface area contributed by atoms with E-state index in [0.29, 0.717) is 0 Å². The maximum Gasteiger partial charge on any atom is 0.188 e. The summed E-state index contributed by atoms with van der Waals surface area (Å²) in [7, 11) is -4.83. The highest BCUT2D eigenvalue weighted by Crippen LogP contribution is 2.40. The second kappa shape index (κ2) is 13.2. The van der Waals surface area contributed by atoms with E-state index in [0.717, 1.165) is 22.9 Å². The van der Waals surface area contributed by atoms with Crippen LogP contribution in [0.5, 0.6) is 11.5 Å². The van der Waals surface area contributed by atoms with Crippen molar-refractivity contribution in [3.05, 3.63) is 218 Å². The van der Waals surface area contributed by atoms with E-state index < -0.39 is 16.9 Å². The Morgan fingerprint density at radius 1 is 0.393 bits per heavy atom. The van der Waals surface area contributed by atoms with Gasteiger partial charge in [0.2, 0.25) is 0 Å². The lowest BCUT2D eigenvalue weighted by molar-refractivity contribution is 0.487. The number of hydrogen-bond donors (Lipinski definition) is 0. The number of fused-ring (bicyclic) bond motifs is 9. The van der Waals surface area contributed by atoms with Crippen molar-refractivity contribution in [3.8, 4) is 22.6 Å². The number of hydrogen-bond acceptors (Lipinski definition) is 2. The highest BCUT2D eigenvalue weighted by molar-refractivity contribution is 7.27. The Hall–Kier alpha value is -6.73. The van der Waals surface area contributed by atoms with Crippen molar-refractivity contribution in [2.75, 3.05) is 4.90 Å². The van der Waals surface area contributed by atoms with Gasteiger partial charge in [0, 0.05) is 16.8 Å². The molecule has 4 heteroatoms. The van der Waals surface area contributed by atoms with E-state index in [9.17, 15) is 0 Å². The van der Waals surface area contributed by atoms with Gasteiger partial charge >= 0.3 is 0 Å². The van der Waals surface area contributed by atoms with Crippen molar-refractivity contribution in [2.24, 2.45) is 0 Å². The van der Waals surface area contributed by atoms with Crippen molar-refractivity contribution in [2.45, 2.75) is 0 Å². The molecule has 0 aliphatic carbocycles. The maximum atomic E-state index is 6.74. The molecule has 2 heterocycles. The molecule has 0 aromatic heterocycles. The second-order valence-corrected chi connectivity index (χ2v) is 21.2. The topological polar surface area (TPSA) is 12.5 Å². The predicted octanol–water partition coefficient (Wildman–Crippen LogP) is 8.02. The van der Waals surface area contributed by atoms with Crippen LogP contribution in [0.1, 0.15) is 0 Å². The van der Waals surface area contributed by atoms with E-state index in [1.807, 2.05) is 0 Å². The summed E-state index contributed by atoms with van der Waals surface area (Å²) >= 11 is 0. The van der Waals surface area contributed by atoms with Crippen molar-refractivity contribution >= 4 is 81.0 Å². The van der Waals surface area contributed by atoms with E-state index in [2.05, 4.69) is 223 Å². The average Bonchev–Trinajstić information content (AvgIpc) is 3.27. The lowest BCUT2D eigenvalue weighted by atomic mass is 10.0. The molecule has 264 valence electrons. The molecule has 0 bridgehead atoms. The first kappa shape index (κ1) is 32.7. The predicted molar refractivity (Wildman–Crippen MR) is 240 cm³/mol. The lowest BCUT2D eigenvalue weighted by Gasteiger charge is -2.46. The maximum absolute atomic E-state index is 6.74. The highest BCUT2D eigenvalue weighted by atomic mass is 28.3. The van der Waals surface area contributed by atoms with Crippen LogP contribution < -0.4 is 45.9 Å². The molecular formula is C52H37NOSi2. The number of nitrogens with zero attached hydrogens (tertiary/aromatic N) is 1. The molecule has 1 atom stereocenters. The minimum absolute atomic E-state index is 0.971. The number of para-hydroxylation sites is 2. The van der Waals surface area contributed by atoms with E-state index in [1.54, 1.807) is 0 Å². The van der Waals surface area contributed by atoms with Crippen molar-refractivity contribution in [3.63, 3.8) is 0 Å². The average molecular weight is 748 g/mol. The second-order valence-electron chi connectivity index (χ2n) is 14.8. The molecule has 9 aromatic carbocycles. The van der Waals surface area contributed by atoms with Gasteiger partial charge in [-0.15, -0.1) is 0 Å². The molecule has 0 N–H and O–H groups in total. The minimum atomic E-state index is -2.84. The fraction of sp³-hybridized carbons (Fsp3) is 0. The fourth-order valence-corrected chi connectivity index (χ4v) is 19.9. The van der Waals surface area contributed by atoms with Crippen LogP contribution in [0, 0.1) is 0 Å². The molecule has 56 heavy (non-hydrogen) atoms. The summed E-state index contributed by atoms with van der Waals surface area (Å²) in [5.74, 6) is 1.94. The zero-order valence-electron chi connectivity index (χ0n) is 30.7. The first-order valence-corrected chi connectivity index (χ1v) is 23.1. The van der Waals surface area contributed by atoms with Gasteiger partial charge in [-0.1, -0.05) is 191 Å². The molecule has 0 radical (unpaired) electrons. The molecule has 0 fully saturated rings. The summed E-state index contributed by atoms with van der Waals surface area (Å²) < 4.78 is 6.74. The highest BCUT2D eigenvalue weighted by Gasteiger charge is 2.53. The fourth-order valence-electron chi connectivity index (χ4n) is 9.52. The number of benzene rings is 9. The smallest absolute Gasteiger partial charge is 0.188 e. The van der Waals surface area contributed by atoms with E-state index in [-0.39, 0.29) is 0 Å². The van der Waals surface area contributed by atoms with Crippen molar-refractivity contribution in [1.29, 1.82) is 0 Å². The molecule has 2 aliphatic heterocycles. The third-order valence-electron chi connectivity index (χ3n) is 11.9. The Kier molecular flexibility index (Phi) is 7.73. The van der Waals surface area contributed by atoms with Gasteiger partial charge in [0.25, 0.3) is 0 Å². The molecule has 0 amide bonds. The summed E-state index contributed by atoms with van der Waals surface area (Å²) in [6.45, 7) is 0. The van der Waals surface area contributed by atoms with Crippen molar-refractivity contribution < 1.29 is 4.74 Å². The summed E-state index contributed by atoms with van der Waals surface area (Å²) in [4.78, 5) is 2.48. The van der Waals surface area contributed by atoms with Gasteiger partial charge in [-0.25, -0.2) is 0 Å². The Morgan fingerprint density at radius 3 is 1.70 bits per heavy atom. The Labute approximate surface area is 330 Å². The zero-order valence-corrected chi connectivity index (χ0v) is 32.9. The third kappa shape index (κ3) is 5.00. The van der Waals surface area contributed by atoms with E-state index >= 15 is 0 Å². The molecule has 2 aliphatic rings. The van der Waals surface area contributed by atoms with Crippen molar-refractivity contribution in [1.82, 2.24) is 0 Å². The van der Waals surface area contributed by atoms with Crippen LogP contribution in [0.25, 0.3) is 21.9 Å². The van der Waals surface area contributed by atoms with Crippen LogP contribution in [0.2, 0.25) is 0 Å². The molecule has 0 saturated heterocycles. The monoisotopic (exact) mass is 747 g/mol. The summed E-state index contributed by atoms with van der Waals surface area (Å²) in [5.41, 5.74) is 5.88. The lowest BCUT2D eigenvalue weighted by Crippen LogP contribution is -2.87. The third-order valence-corrected chi connectivity index (χ3v) is 20.7. The zero-order chi connectivity index (χ0) is 37.1. The number of ether oxygens (including phenoxy) is 1. The van der Waals surface area contributed by atoms with Crippen LogP contribution in [-0.2, 0) is 0 Å². The SMILES string of the molecule is c1ccc(-c2ccc(N(c3ccc4c(c3)[SiH](c3ccccc3)c3ccccc3[Si]43c4ccccc4Oc4ccccc43)c3cccc4ccccc34)cc2)cc1. The Balaban J connectivity index is 1.21.